The summed E-state index contributed by atoms with van der Waals surface area (Å²) < 4.78 is 9.91. The number of fused-ring (bicyclic) bond motifs is 5. The summed E-state index contributed by atoms with van der Waals surface area (Å²) in [6.45, 7) is 10.1. The SMILES string of the molecule is CCCCCCO[C@H]1CC[C@@]2(C)C(=CCC3C2CC[C@@]2(C)C3CC[C@@H]2[C@@H](C)NC(=O)OCC(Cl)(Cl)Cl)C1. The van der Waals surface area contributed by atoms with Gasteiger partial charge in [-0.15, -0.1) is 0 Å². The first-order valence-corrected chi connectivity index (χ1v) is 15.9. The van der Waals surface area contributed by atoms with Gasteiger partial charge in [0.25, 0.3) is 0 Å². The van der Waals surface area contributed by atoms with Crippen molar-refractivity contribution in [1.82, 2.24) is 5.32 Å². The van der Waals surface area contributed by atoms with Gasteiger partial charge in [0, 0.05) is 12.6 Å². The number of nitrogens with one attached hydrogen (secondary N) is 1. The first-order chi connectivity index (χ1) is 17.5. The molecule has 0 heterocycles. The molecule has 37 heavy (non-hydrogen) atoms. The minimum absolute atomic E-state index is 0.0321. The Hall–Kier alpha value is -0.160. The van der Waals surface area contributed by atoms with E-state index in [1.54, 1.807) is 5.57 Å². The van der Waals surface area contributed by atoms with Crippen LogP contribution >= 0.6 is 34.8 Å². The number of hydrogen-bond acceptors (Lipinski definition) is 3. The maximum Gasteiger partial charge on any atom is 0.407 e. The third-order valence-electron chi connectivity index (χ3n) is 10.8. The van der Waals surface area contributed by atoms with Crippen LogP contribution in [0.5, 0.6) is 0 Å². The topological polar surface area (TPSA) is 47.6 Å². The largest absolute Gasteiger partial charge is 0.445 e. The smallest absolute Gasteiger partial charge is 0.407 e. The van der Waals surface area contributed by atoms with Crippen LogP contribution in [-0.2, 0) is 9.47 Å². The molecule has 1 N–H and O–H groups in total. The molecule has 4 nitrogen and oxygen atoms in total. The predicted molar refractivity (Wildman–Crippen MR) is 153 cm³/mol. The number of halogens is 3. The van der Waals surface area contributed by atoms with E-state index in [9.17, 15) is 4.79 Å². The van der Waals surface area contributed by atoms with E-state index in [4.69, 9.17) is 44.3 Å². The Labute approximate surface area is 239 Å². The van der Waals surface area contributed by atoms with Crippen molar-refractivity contribution in [3.63, 3.8) is 0 Å². The molecular weight excluding hydrogens is 529 g/mol. The summed E-state index contributed by atoms with van der Waals surface area (Å²) in [5, 5.41) is 3.05. The molecule has 0 bridgehead atoms. The molecule has 1 amide bonds. The summed E-state index contributed by atoms with van der Waals surface area (Å²) in [4.78, 5) is 12.4. The summed E-state index contributed by atoms with van der Waals surface area (Å²) in [6, 6.07) is 0.0321. The van der Waals surface area contributed by atoms with Crippen LogP contribution in [0, 0.1) is 34.5 Å². The van der Waals surface area contributed by atoms with Crippen LogP contribution in [0.3, 0.4) is 0 Å². The van der Waals surface area contributed by atoms with Gasteiger partial charge < -0.3 is 14.8 Å². The zero-order valence-corrected chi connectivity index (χ0v) is 25.6. The van der Waals surface area contributed by atoms with Crippen molar-refractivity contribution in [2.75, 3.05) is 13.2 Å². The highest BCUT2D eigenvalue weighted by Gasteiger charge is 2.59. The molecule has 0 aliphatic heterocycles. The van der Waals surface area contributed by atoms with Crippen molar-refractivity contribution in [3.05, 3.63) is 11.6 Å². The number of amides is 1. The number of alkyl halides is 3. The van der Waals surface area contributed by atoms with E-state index < -0.39 is 9.89 Å². The summed E-state index contributed by atoms with van der Waals surface area (Å²) >= 11 is 17.2. The number of unbranched alkanes of at least 4 members (excludes halogenated alkanes) is 3. The van der Waals surface area contributed by atoms with Gasteiger partial charge in [-0.05, 0) is 99.2 Å². The Balaban J connectivity index is 1.36. The Morgan fingerprint density at radius 2 is 1.89 bits per heavy atom. The third kappa shape index (κ3) is 6.60. The van der Waals surface area contributed by atoms with Crippen LogP contribution in [0.1, 0.15) is 105 Å². The van der Waals surface area contributed by atoms with E-state index in [1.165, 1.54) is 64.2 Å². The van der Waals surface area contributed by atoms with Crippen LogP contribution in [-0.4, -0.2) is 35.2 Å². The van der Waals surface area contributed by atoms with Gasteiger partial charge in [-0.2, -0.15) is 0 Å². The van der Waals surface area contributed by atoms with E-state index in [-0.39, 0.29) is 18.1 Å². The Kier molecular flexibility index (Phi) is 9.79. The van der Waals surface area contributed by atoms with E-state index >= 15 is 0 Å². The highest BCUT2D eigenvalue weighted by molar-refractivity contribution is 6.67. The molecule has 0 aromatic rings. The van der Waals surface area contributed by atoms with Crippen molar-refractivity contribution in [2.24, 2.45) is 34.5 Å². The summed E-state index contributed by atoms with van der Waals surface area (Å²) in [7, 11) is 0. The average Bonchev–Trinajstić information content (AvgIpc) is 3.19. The lowest BCUT2D eigenvalue weighted by molar-refractivity contribution is -0.0609. The van der Waals surface area contributed by atoms with Crippen molar-refractivity contribution in [2.45, 2.75) is 121 Å². The van der Waals surface area contributed by atoms with Crippen LogP contribution < -0.4 is 5.32 Å². The standard InChI is InChI=1S/C30H48Cl3NO3/c1-5-6-7-8-17-36-22-13-15-28(3)21(18-22)9-10-23-25-12-11-24(29(25,4)16-14-26(23)28)20(2)34-27(35)37-19-30(31,32)33/h9,20,22-26H,5-8,10-19H2,1-4H3,(H,34,35)/t20-,22+,23?,24-,25?,26?,28+,29-/m1/s1. The molecule has 7 heteroatoms. The second-order valence-electron chi connectivity index (χ2n) is 12.9. The monoisotopic (exact) mass is 575 g/mol. The molecule has 8 atom stereocenters. The zero-order chi connectivity index (χ0) is 26.8. The number of hydrogen-bond donors (Lipinski definition) is 1. The Bertz CT molecular complexity index is 829. The molecule has 3 unspecified atom stereocenters. The molecule has 0 aromatic carbocycles. The minimum atomic E-state index is -1.59. The van der Waals surface area contributed by atoms with Crippen molar-refractivity contribution in [1.29, 1.82) is 0 Å². The molecule has 3 fully saturated rings. The highest BCUT2D eigenvalue weighted by Crippen LogP contribution is 2.66. The molecule has 4 aliphatic carbocycles. The van der Waals surface area contributed by atoms with Gasteiger partial charge in [-0.3, -0.25) is 0 Å². The molecule has 0 aromatic heterocycles. The normalized spacial score (nSPS) is 38.1. The van der Waals surface area contributed by atoms with Crippen LogP contribution in [0.25, 0.3) is 0 Å². The Morgan fingerprint density at radius 1 is 1.11 bits per heavy atom. The third-order valence-corrected chi connectivity index (χ3v) is 11.1. The lowest BCUT2D eigenvalue weighted by Crippen LogP contribution is -2.52. The van der Waals surface area contributed by atoms with Crippen LogP contribution in [0.4, 0.5) is 4.79 Å². The molecule has 212 valence electrons. The van der Waals surface area contributed by atoms with Gasteiger partial charge in [0.1, 0.15) is 6.61 Å². The average molecular weight is 577 g/mol. The number of allylic oxidation sites excluding steroid dienone is 1. The first-order valence-electron chi connectivity index (χ1n) is 14.8. The first kappa shape index (κ1) is 29.8. The highest BCUT2D eigenvalue weighted by atomic mass is 35.6. The fourth-order valence-electron chi connectivity index (χ4n) is 8.89. The summed E-state index contributed by atoms with van der Waals surface area (Å²) in [6.07, 6.45) is 17.3. The lowest BCUT2D eigenvalue weighted by Gasteiger charge is -2.58. The van der Waals surface area contributed by atoms with E-state index in [0.717, 1.165) is 31.3 Å². The number of carbonyl (C=O) groups is 1. The second-order valence-corrected chi connectivity index (χ2v) is 15.4. The molecule has 0 radical (unpaired) electrons. The number of carbonyl (C=O) groups excluding carboxylic acids is 1. The summed E-state index contributed by atoms with van der Waals surface area (Å²) in [5.41, 5.74) is 2.25. The number of rotatable bonds is 9. The van der Waals surface area contributed by atoms with Gasteiger partial charge >= 0.3 is 6.09 Å². The van der Waals surface area contributed by atoms with Gasteiger partial charge in [-0.25, -0.2) is 4.79 Å². The number of alkyl carbamates (subject to hydrolysis) is 1. The van der Waals surface area contributed by atoms with Crippen LogP contribution in [0.2, 0.25) is 0 Å². The molecular formula is C30H48Cl3NO3. The molecule has 4 aliphatic rings. The van der Waals surface area contributed by atoms with Crippen molar-refractivity contribution < 1.29 is 14.3 Å². The van der Waals surface area contributed by atoms with Gasteiger partial charge in [0.15, 0.2) is 0 Å². The molecule has 0 spiro atoms. The molecule has 4 rings (SSSR count). The maximum absolute atomic E-state index is 12.4. The van der Waals surface area contributed by atoms with E-state index in [2.05, 4.69) is 39.1 Å². The van der Waals surface area contributed by atoms with Gasteiger partial charge in [-0.1, -0.05) is 86.5 Å². The Morgan fingerprint density at radius 3 is 2.62 bits per heavy atom. The minimum Gasteiger partial charge on any atom is -0.445 e. The molecule has 0 saturated heterocycles. The number of ether oxygens (including phenoxy) is 2. The van der Waals surface area contributed by atoms with Crippen molar-refractivity contribution in [3.8, 4) is 0 Å². The fourth-order valence-corrected chi connectivity index (χ4v) is 9.05. The zero-order valence-electron chi connectivity index (χ0n) is 23.3. The van der Waals surface area contributed by atoms with Gasteiger partial charge in [0.2, 0.25) is 3.79 Å². The van der Waals surface area contributed by atoms with E-state index in [1.807, 2.05) is 0 Å². The fraction of sp³-hybridized carbons (Fsp3) is 0.900. The second kappa shape index (κ2) is 12.1. The molecule has 3 saturated carbocycles. The maximum atomic E-state index is 12.4. The van der Waals surface area contributed by atoms with Crippen molar-refractivity contribution >= 4 is 40.9 Å². The van der Waals surface area contributed by atoms with E-state index in [0.29, 0.717) is 23.4 Å². The summed E-state index contributed by atoms with van der Waals surface area (Å²) in [5.74, 6) is 2.66. The van der Waals surface area contributed by atoms with Crippen LogP contribution in [0.15, 0.2) is 11.6 Å². The lowest BCUT2D eigenvalue weighted by atomic mass is 9.47. The predicted octanol–water partition coefficient (Wildman–Crippen LogP) is 9.02. The van der Waals surface area contributed by atoms with Gasteiger partial charge in [0.05, 0.1) is 6.10 Å². The quantitative estimate of drug-likeness (QED) is 0.169.